The molecule has 2 unspecified atom stereocenters. The summed E-state index contributed by atoms with van der Waals surface area (Å²) in [7, 11) is 2.19. The van der Waals surface area contributed by atoms with Gasteiger partial charge in [0.05, 0.1) is 11.0 Å². The van der Waals surface area contributed by atoms with E-state index in [0.717, 1.165) is 50.9 Å². The molecule has 7 heteroatoms. The van der Waals surface area contributed by atoms with Crippen molar-refractivity contribution >= 4 is 22.6 Å². The molecule has 2 aromatic carbocycles. The lowest BCUT2D eigenvalue weighted by Gasteiger charge is -2.32. The van der Waals surface area contributed by atoms with E-state index in [9.17, 15) is 0 Å². The summed E-state index contributed by atoms with van der Waals surface area (Å²) < 4.78 is 2.51. The number of nitrogens with two attached hydrogens (primary N) is 2. The van der Waals surface area contributed by atoms with Gasteiger partial charge in [0, 0.05) is 43.2 Å². The lowest BCUT2D eigenvalue weighted by atomic mass is 9.84. The van der Waals surface area contributed by atoms with Crippen molar-refractivity contribution in [1.29, 1.82) is 0 Å². The maximum atomic E-state index is 5.71. The SMILES string of the molecule is CN1CCCc2c1ccc1c2nc(Cc2ccccc2)n1C1CCCC(/C(=N/N)NN)C1. The summed E-state index contributed by atoms with van der Waals surface area (Å²) in [6, 6.07) is 15.6. The maximum absolute atomic E-state index is 5.71. The van der Waals surface area contributed by atoms with Crippen LogP contribution in [0.1, 0.15) is 55.1 Å². The van der Waals surface area contributed by atoms with Crippen molar-refractivity contribution < 1.29 is 0 Å². The quantitative estimate of drug-likeness (QED) is 0.254. The summed E-state index contributed by atoms with van der Waals surface area (Å²) in [5.74, 6) is 13.4. The summed E-state index contributed by atoms with van der Waals surface area (Å²) in [6.45, 7) is 1.10. The Balaban J connectivity index is 1.61. The molecule has 5 rings (SSSR count). The fourth-order valence-corrected chi connectivity index (χ4v) is 5.69. The zero-order valence-corrected chi connectivity index (χ0v) is 18.8. The number of anilines is 1. The van der Waals surface area contributed by atoms with Crippen molar-refractivity contribution in [3.05, 3.63) is 59.4 Å². The van der Waals surface area contributed by atoms with Crippen LogP contribution < -0.4 is 22.0 Å². The van der Waals surface area contributed by atoms with E-state index in [1.807, 2.05) is 0 Å². The molecule has 2 heterocycles. The summed E-state index contributed by atoms with van der Waals surface area (Å²) in [5.41, 5.74) is 9.15. The minimum atomic E-state index is 0.245. The van der Waals surface area contributed by atoms with Gasteiger partial charge in [-0.25, -0.2) is 10.8 Å². The van der Waals surface area contributed by atoms with Crippen molar-refractivity contribution in [2.24, 2.45) is 22.7 Å². The Morgan fingerprint density at radius 2 is 2.00 bits per heavy atom. The molecule has 1 aliphatic heterocycles. The predicted octanol–water partition coefficient (Wildman–Crippen LogP) is 3.48. The molecular formula is C25H33N7. The monoisotopic (exact) mass is 431 g/mol. The molecule has 0 saturated heterocycles. The fourth-order valence-electron chi connectivity index (χ4n) is 5.69. The largest absolute Gasteiger partial charge is 0.374 e. The standard InChI is InChI=1S/C25H33N7/c1-31-14-6-11-20-21(31)12-13-22-24(20)28-23(15-17-7-3-2-4-8-17)32(22)19-10-5-9-18(16-19)25(29-26)30-27/h2-4,7-8,12-13,18-19H,5-6,9-11,14-16,26-27H2,1H3,(H,29,30). The molecule has 32 heavy (non-hydrogen) atoms. The van der Waals surface area contributed by atoms with Crippen molar-refractivity contribution in [2.45, 2.75) is 51.0 Å². The van der Waals surface area contributed by atoms with Crippen molar-refractivity contribution in [3.8, 4) is 0 Å². The molecule has 0 spiro atoms. The third-order valence-electron chi connectivity index (χ3n) is 7.24. The van der Waals surface area contributed by atoms with Crippen molar-refractivity contribution in [3.63, 3.8) is 0 Å². The second-order valence-electron chi connectivity index (χ2n) is 9.19. The number of nitrogens with zero attached hydrogens (tertiary/aromatic N) is 4. The summed E-state index contributed by atoms with van der Waals surface area (Å²) in [5, 5.41) is 3.91. The molecule has 7 nitrogen and oxygen atoms in total. The highest BCUT2D eigenvalue weighted by Gasteiger charge is 2.30. The van der Waals surface area contributed by atoms with Gasteiger partial charge in [0.1, 0.15) is 11.7 Å². The van der Waals surface area contributed by atoms with Gasteiger partial charge in [-0.1, -0.05) is 36.8 Å². The van der Waals surface area contributed by atoms with Gasteiger partial charge in [-0.15, -0.1) is 0 Å². The second kappa shape index (κ2) is 8.82. The minimum absolute atomic E-state index is 0.245. The Bertz CT molecular complexity index is 1120. The summed E-state index contributed by atoms with van der Waals surface area (Å²) in [4.78, 5) is 7.64. The first kappa shape index (κ1) is 20.8. The summed E-state index contributed by atoms with van der Waals surface area (Å²) >= 11 is 0. The van der Waals surface area contributed by atoms with Crippen LogP contribution in [0.3, 0.4) is 0 Å². The number of hydrogen-bond donors (Lipinski definition) is 3. The Kier molecular flexibility index (Phi) is 5.74. The Hall–Kier alpha value is -3.06. The zero-order valence-electron chi connectivity index (χ0n) is 18.8. The smallest absolute Gasteiger partial charge is 0.139 e. The van der Waals surface area contributed by atoms with E-state index in [1.165, 1.54) is 34.3 Å². The van der Waals surface area contributed by atoms with Crippen LogP contribution >= 0.6 is 0 Å². The summed E-state index contributed by atoms with van der Waals surface area (Å²) in [6.07, 6.45) is 7.36. The molecule has 1 aliphatic carbocycles. The van der Waals surface area contributed by atoms with Crippen LogP contribution in [0, 0.1) is 5.92 Å². The van der Waals surface area contributed by atoms with Gasteiger partial charge in [-0.3, -0.25) is 0 Å². The van der Waals surface area contributed by atoms with Crippen molar-refractivity contribution in [1.82, 2.24) is 15.0 Å². The van der Waals surface area contributed by atoms with E-state index in [2.05, 4.69) is 69.5 Å². The molecule has 2 atom stereocenters. The molecule has 5 N–H and O–H groups in total. The van der Waals surface area contributed by atoms with Crippen molar-refractivity contribution in [2.75, 3.05) is 18.5 Å². The molecule has 1 aromatic heterocycles. The number of amidine groups is 1. The highest BCUT2D eigenvalue weighted by atomic mass is 15.3. The number of rotatable bonds is 4. The number of nitrogens with one attached hydrogen (secondary N) is 1. The van der Waals surface area contributed by atoms with Gasteiger partial charge in [0.25, 0.3) is 0 Å². The van der Waals surface area contributed by atoms with Crippen LogP contribution in [-0.2, 0) is 12.8 Å². The van der Waals surface area contributed by atoms with E-state index < -0.39 is 0 Å². The molecule has 1 fully saturated rings. The fraction of sp³-hybridized carbons (Fsp3) is 0.440. The highest BCUT2D eigenvalue weighted by Crippen LogP contribution is 2.39. The molecular weight excluding hydrogens is 398 g/mol. The van der Waals surface area contributed by atoms with Gasteiger partial charge >= 0.3 is 0 Å². The lowest BCUT2D eigenvalue weighted by molar-refractivity contribution is 0.312. The zero-order chi connectivity index (χ0) is 22.1. The van der Waals surface area contributed by atoms with Crippen LogP contribution in [-0.4, -0.2) is 29.0 Å². The molecule has 2 aliphatic rings. The molecule has 0 radical (unpaired) electrons. The molecule has 1 saturated carbocycles. The molecule has 3 aromatic rings. The number of imidazole rings is 1. The molecule has 168 valence electrons. The Labute approximate surface area is 189 Å². The van der Waals surface area contributed by atoms with Gasteiger partial charge in [-0.2, -0.15) is 5.10 Å². The van der Waals surface area contributed by atoms with E-state index in [4.69, 9.17) is 16.7 Å². The second-order valence-corrected chi connectivity index (χ2v) is 9.19. The average molecular weight is 432 g/mol. The minimum Gasteiger partial charge on any atom is -0.374 e. The van der Waals surface area contributed by atoms with Crippen LogP contribution in [0.2, 0.25) is 0 Å². The first-order chi connectivity index (χ1) is 15.7. The van der Waals surface area contributed by atoms with Crippen LogP contribution in [0.15, 0.2) is 47.6 Å². The average Bonchev–Trinajstić information content (AvgIpc) is 3.19. The number of aryl methyl sites for hydroxylation is 1. The number of hydrazine groups is 1. The van der Waals surface area contributed by atoms with Gasteiger partial charge in [0.2, 0.25) is 0 Å². The van der Waals surface area contributed by atoms with E-state index in [1.54, 1.807) is 0 Å². The Morgan fingerprint density at radius 1 is 1.16 bits per heavy atom. The third kappa shape index (κ3) is 3.71. The van der Waals surface area contributed by atoms with Gasteiger partial charge < -0.3 is 20.7 Å². The van der Waals surface area contributed by atoms with Gasteiger partial charge in [0.15, 0.2) is 0 Å². The van der Waals surface area contributed by atoms with Crippen LogP contribution in [0.5, 0.6) is 0 Å². The predicted molar refractivity (Wildman–Crippen MR) is 131 cm³/mol. The number of hydrogen-bond acceptors (Lipinski definition) is 5. The van der Waals surface area contributed by atoms with E-state index in [-0.39, 0.29) is 5.92 Å². The highest BCUT2D eigenvalue weighted by molar-refractivity contribution is 5.86. The first-order valence-corrected chi connectivity index (χ1v) is 11.7. The third-order valence-corrected chi connectivity index (χ3v) is 7.24. The number of fused-ring (bicyclic) bond motifs is 3. The topological polar surface area (TPSA) is 97.5 Å². The molecule has 0 amide bonds. The molecule has 0 bridgehead atoms. The van der Waals surface area contributed by atoms with Gasteiger partial charge in [-0.05, 0) is 49.8 Å². The lowest BCUT2D eigenvalue weighted by Crippen LogP contribution is -2.39. The van der Waals surface area contributed by atoms with E-state index in [0.29, 0.717) is 11.9 Å². The first-order valence-electron chi connectivity index (χ1n) is 11.7. The van der Waals surface area contributed by atoms with Crippen LogP contribution in [0.4, 0.5) is 5.69 Å². The van der Waals surface area contributed by atoms with Crippen LogP contribution in [0.25, 0.3) is 11.0 Å². The maximum Gasteiger partial charge on any atom is 0.139 e. The normalized spacial score (nSPS) is 21.6. The number of hydrazone groups is 1. The number of benzene rings is 2. The van der Waals surface area contributed by atoms with E-state index >= 15 is 0 Å². The number of aromatic nitrogens is 2. The Morgan fingerprint density at radius 3 is 2.78 bits per heavy atom.